The first kappa shape index (κ1) is 14.9. The minimum absolute atomic E-state index is 0.862. The largest absolute Gasteiger partial charge is 0.497 e. The van der Waals surface area contributed by atoms with Gasteiger partial charge in [-0.05, 0) is 55.0 Å². The molecule has 3 heteroatoms. The maximum Gasteiger partial charge on any atom is 0.119 e. The van der Waals surface area contributed by atoms with Crippen molar-refractivity contribution in [1.82, 2.24) is 5.32 Å². The summed E-state index contributed by atoms with van der Waals surface area (Å²) in [7, 11) is 1.71. The third-order valence-corrected chi connectivity index (χ3v) is 4.91. The fourth-order valence-electron chi connectivity index (χ4n) is 2.76. The molecule has 0 saturated heterocycles. The average Bonchev–Trinajstić information content (AvgIpc) is 2.43. The van der Waals surface area contributed by atoms with Gasteiger partial charge in [0.1, 0.15) is 5.75 Å². The Balaban J connectivity index is 1.79. The highest BCUT2D eigenvalue weighted by molar-refractivity contribution is 9.10. The molecule has 1 aromatic rings. The Morgan fingerprint density at radius 3 is 2.68 bits per heavy atom. The van der Waals surface area contributed by atoms with E-state index in [-0.39, 0.29) is 0 Å². The molecule has 2 rings (SSSR count). The summed E-state index contributed by atoms with van der Waals surface area (Å²) in [4.78, 5) is 0. The minimum Gasteiger partial charge on any atom is -0.497 e. The van der Waals surface area contributed by atoms with Crippen LogP contribution in [0.25, 0.3) is 0 Å². The highest BCUT2D eigenvalue weighted by Crippen LogP contribution is 2.28. The molecule has 1 saturated carbocycles. The van der Waals surface area contributed by atoms with Crippen LogP contribution in [0.5, 0.6) is 5.75 Å². The van der Waals surface area contributed by atoms with E-state index in [4.69, 9.17) is 4.74 Å². The number of hydrogen-bond acceptors (Lipinski definition) is 2. The molecule has 1 aliphatic rings. The summed E-state index contributed by atoms with van der Waals surface area (Å²) >= 11 is 3.60. The lowest BCUT2D eigenvalue weighted by atomic mass is 9.83. The van der Waals surface area contributed by atoms with E-state index < -0.39 is 0 Å². The van der Waals surface area contributed by atoms with Gasteiger partial charge in [0, 0.05) is 11.0 Å². The van der Waals surface area contributed by atoms with Gasteiger partial charge in [-0.25, -0.2) is 0 Å². The molecule has 2 nitrogen and oxygen atoms in total. The minimum atomic E-state index is 0.862. The van der Waals surface area contributed by atoms with E-state index >= 15 is 0 Å². The summed E-state index contributed by atoms with van der Waals surface area (Å²) in [5.41, 5.74) is 1.27. The van der Waals surface area contributed by atoms with Crippen LogP contribution in [0.4, 0.5) is 0 Å². The molecule has 1 N–H and O–H groups in total. The van der Waals surface area contributed by atoms with Crippen LogP contribution in [0.1, 0.15) is 38.2 Å². The average molecular weight is 326 g/mol. The molecule has 1 fully saturated rings. The standard InChI is InChI=1S/C16H24BrNO/c1-12-3-5-13(6-4-12)10-18-11-14-9-15(19-2)7-8-16(14)17/h7-9,12-13,18H,3-6,10-11H2,1-2H3. The smallest absolute Gasteiger partial charge is 0.119 e. The molecule has 0 unspecified atom stereocenters. The van der Waals surface area contributed by atoms with Gasteiger partial charge in [0.2, 0.25) is 0 Å². The van der Waals surface area contributed by atoms with Crippen molar-refractivity contribution < 1.29 is 4.74 Å². The van der Waals surface area contributed by atoms with Crippen LogP contribution in [-0.4, -0.2) is 13.7 Å². The topological polar surface area (TPSA) is 21.3 Å². The van der Waals surface area contributed by atoms with Crippen LogP contribution >= 0.6 is 15.9 Å². The number of halogens is 1. The van der Waals surface area contributed by atoms with E-state index in [1.807, 2.05) is 6.07 Å². The Morgan fingerprint density at radius 1 is 1.26 bits per heavy atom. The molecule has 0 amide bonds. The van der Waals surface area contributed by atoms with Crippen molar-refractivity contribution in [3.63, 3.8) is 0 Å². The van der Waals surface area contributed by atoms with Crippen molar-refractivity contribution >= 4 is 15.9 Å². The van der Waals surface area contributed by atoms with Gasteiger partial charge in [-0.1, -0.05) is 35.7 Å². The molecule has 0 aliphatic heterocycles. The number of ether oxygens (including phenoxy) is 1. The first-order chi connectivity index (χ1) is 9.19. The van der Waals surface area contributed by atoms with Crippen LogP contribution < -0.4 is 10.1 Å². The number of benzene rings is 1. The van der Waals surface area contributed by atoms with Crippen molar-refractivity contribution in [3.8, 4) is 5.75 Å². The van der Waals surface area contributed by atoms with Gasteiger partial charge in [-0.15, -0.1) is 0 Å². The second-order valence-electron chi connectivity index (χ2n) is 5.71. The van der Waals surface area contributed by atoms with Crippen LogP contribution in [0.3, 0.4) is 0 Å². The Hall–Kier alpha value is -0.540. The molecule has 0 atom stereocenters. The molecule has 1 aromatic carbocycles. The van der Waals surface area contributed by atoms with Gasteiger partial charge in [0.25, 0.3) is 0 Å². The lowest BCUT2D eigenvalue weighted by Crippen LogP contribution is -2.25. The van der Waals surface area contributed by atoms with Crippen molar-refractivity contribution in [2.24, 2.45) is 11.8 Å². The van der Waals surface area contributed by atoms with Gasteiger partial charge < -0.3 is 10.1 Å². The van der Waals surface area contributed by atoms with Crippen molar-refractivity contribution in [1.29, 1.82) is 0 Å². The summed E-state index contributed by atoms with van der Waals surface area (Å²) in [6.45, 7) is 4.41. The lowest BCUT2D eigenvalue weighted by Gasteiger charge is -2.26. The Kier molecular flexibility index (Phi) is 5.71. The molecule has 19 heavy (non-hydrogen) atoms. The third-order valence-electron chi connectivity index (χ3n) is 4.14. The summed E-state index contributed by atoms with van der Waals surface area (Å²) in [5, 5.41) is 3.59. The molecule has 0 spiro atoms. The molecule has 0 heterocycles. The molecule has 0 aromatic heterocycles. The van der Waals surface area contributed by atoms with E-state index in [9.17, 15) is 0 Å². The zero-order valence-electron chi connectivity index (χ0n) is 11.9. The normalized spacial score (nSPS) is 23.3. The van der Waals surface area contributed by atoms with Gasteiger partial charge in [0.05, 0.1) is 7.11 Å². The van der Waals surface area contributed by atoms with Gasteiger partial charge in [-0.2, -0.15) is 0 Å². The van der Waals surface area contributed by atoms with Crippen LogP contribution in [0.15, 0.2) is 22.7 Å². The zero-order valence-corrected chi connectivity index (χ0v) is 13.5. The van der Waals surface area contributed by atoms with Gasteiger partial charge in [0.15, 0.2) is 0 Å². The highest BCUT2D eigenvalue weighted by Gasteiger charge is 2.17. The van der Waals surface area contributed by atoms with Crippen LogP contribution in [-0.2, 0) is 6.54 Å². The van der Waals surface area contributed by atoms with Gasteiger partial charge >= 0.3 is 0 Å². The summed E-state index contributed by atoms with van der Waals surface area (Å²) in [5.74, 6) is 2.72. The predicted octanol–water partition coefficient (Wildman–Crippen LogP) is 4.37. The Morgan fingerprint density at radius 2 is 2.00 bits per heavy atom. The van der Waals surface area contributed by atoms with Crippen molar-refractivity contribution in [2.75, 3.05) is 13.7 Å². The lowest BCUT2D eigenvalue weighted by molar-refractivity contribution is 0.281. The molecule has 0 bridgehead atoms. The van der Waals surface area contributed by atoms with Crippen molar-refractivity contribution in [2.45, 2.75) is 39.2 Å². The molecular weight excluding hydrogens is 302 g/mol. The van der Waals surface area contributed by atoms with Crippen molar-refractivity contribution in [3.05, 3.63) is 28.2 Å². The molecule has 106 valence electrons. The SMILES string of the molecule is COc1ccc(Br)c(CNCC2CCC(C)CC2)c1. The van der Waals surface area contributed by atoms with E-state index in [1.54, 1.807) is 7.11 Å². The van der Waals surface area contributed by atoms with Crippen LogP contribution in [0, 0.1) is 11.8 Å². The first-order valence-electron chi connectivity index (χ1n) is 7.22. The van der Waals surface area contributed by atoms with E-state index in [2.05, 4.69) is 40.3 Å². The maximum absolute atomic E-state index is 5.27. The first-order valence-corrected chi connectivity index (χ1v) is 8.01. The highest BCUT2D eigenvalue weighted by atomic mass is 79.9. The van der Waals surface area contributed by atoms with E-state index in [1.165, 1.54) is 31.2 Å². The summed E-state index contributed by atoms with van der Waals surface area (Å²) < 4.78 is 6.42. The predicted molar refractivity (Wildman–Crippen MR) is 83.5 cm³/mol. The molecule has 0 radical (unpaired) electrons. The third kappa shape index (κ3) is 4.50. The number of rotatable bonds is 5. The number of methoxy groups -OCH3 is 1. The molecular formula is C16H24BrNO. The maximum atomic E-state index is 5.27. The number of hydrogen-bond donors (Lipinski definition) is 1. The van der Waals surface area contributed by atoms with E-state index in [0.717, 1.165) is 35.1 Å². The van der Waals surface area contributed by atoms with Gasteiger partial charge in [-0.3, -0.25) is 0 Å². The Bertz CT molecular complexity index is 400. The number of nitrogens with one attached hydrogen (secondary N) is 1. The fraction of sp³-hybridized carbons (Fsp3) is 0.625. The van der Waals surface area contributed by atoms with E-state index in [0.29, 0.717) is 0 Å². The van der Waals surface area contributed by atoms with Crippen LogP contribution in [0.2, 0.25) is 0 Å². The second-order valence-corrected chi connectivity index (χ2v) is 6.57. The Labute approximate surface area is 125 Å². The molecule has 1 aliphatic carbocycles. The zero-order chi connectivity index (χ0) is 13.7. The monoisotopic (exact) mass is 325 g/mol. The second kappa shape index (κ2) is 7.30. The summed E-state index contributed by atoms with van der Waals surface area (Å²) in [6.07, 6.45) is 5.56. The summed E-state index contributed by atoms with van der Waals surface area (Å²) in [6, 6.07) is 6.13. The fourth-order valence-corrected chi connectivity index (χ4v) is 3.14. The quantitative estimate of drug-likeness (QED) is 0.867.